The Morgan fingerprint density at radius 2 is 2.24 bits per heavy atom. The third-order valence-electron chi connectivity index (χ3n) is 2.52. The zero-order chi connectivity index (χ0) is 12.3. The minimum Gasteiger partial charge on any atom is -0.508 e. The van der Waals surface area contributed by atoms with Crippen molar-refractivity contribution in [2.75, 3.05) is 13.1 Å². The van der Waals surface area contributed by atoms with E-state index in [2.05, 4.69) is 10.3 Å². The Morgan fingerprint density at radius 1 is 1.41 bits per heavy atom. The van der Waals surface area contributed by atoms with Gasteiger partial charge >= 0.3 is 0 Å². The Morgan fingerprint density at radius 3 is 3.00 bits per heavy atom. The predicted octanol–water partition coefficient (Wildman–Crippen LogP) is 0.952. The lowest BCUT2D eigenvalue weighted by Crippen LogP contribution is -2.26. The minimum atomic E-state index is -0.158. The molecule has 5 heteroatoms. The molecule has 0 atom stereocenters. The van der Waals surface area contributed by atoms with Crippen LogP contribution in [0.4, 0.5) is 0 Å². The van der Waals surface area contributed by atoms with Crippen LogP contribution in [0.5, 0.6) is 5.75 Å². The number of amides is 1. The molecule has 0 radical (unpaired) electrons. The second kappa shape index (κ2) is 4.88. The number of aromatic amines is 1. The summed E-state index contributed by atoms with van der Waals surface area (Å²) in [7, 11) is 0. The van der Waals surface area contributed by atoms with Gasteiger partial charge in [-0.05, 0) is 31.2 Å². The van der Waals surface area contributed by atoms with Crippen LogP contribution >= 0.6 is 0 Å². The lowest BCUT2D eigenvalue weighted by atomic mass is 10.2. The average Bonchev–Trinajstić information content (AvgIpc) is 2.72. The van der Waals surface area contributed by atoms with Crippen molar-refractivity contribution in [2.24, 2.45) is 5.73 Å². The van der Waals surface area contributed by atoms with Gasteiger partial charge in [0.2, 0.25) is 0 Å². The number of benzene rings is 1. The van der Waals surface area contributed by atoms with Crippen LogP contribution in [0.3, 0.4) is 0 Å². The van der Waals surface area contributed by atoms with Gasteiger partial charge in [0.1, 0.15) is 11.4 Å². The maximum atomic E-state index is 11.7. The second-order valence-electron chi connectivity index (χ2n) is 3.85. The van der Waals surface area contributed by atoms with Crippen LogP contribution in [0.2, 0.25) is 0 Å². The summed E-state index contributed by atoms with van der Waals surface area (Å²) >= 11 is 0. The smallest absolute Gasteiger partial charge is 0.267 e. The molecule has 1 heterocycles. The fourth-order valence-corrected chi connectivity index (χ4v) is 1.64. The van der Waals surface area contributed by atoms with Gasteiger partial charge in [0.15, 0.2) is 0 Å². The molecule has 0 fully saturated rings. The monoisotopic (exact) mass is 233 g/mol. The Balaban J connectivity index is 2.15. The molecule has 2 aromatic rings. The largest absolute Gasteiger partial charge is 0.508 e. The Bertz CT molecular complexity index is 534. The van der Waals surface area contributed by atoms with E-state index in [1.165, 1.54) is 0 Å². The molecule has 0 unspecified atom stereocenters. The topological polar surface area (TPSA) is 91.1 Å². The fraction of sp³-hybridized carbons (Fsp3) is 0.250. The number of phenolic OH excluding ortho intramolecular Hbond substituents is 1. The molecule has 0 saturated heterocycles. The van der Waals surface area contributed by atoms with Gasteiger partial charge in [-0.3, -0.25) is 4.79 Å². The molecular weight excluding hydrogens is 218 g/mol. The van der Waals surface area contributed by atoms with Crippen LogP contribution in [0.1, 0.15) is 16.9 Å². The summed E-state index contributed by atoms with van der Waals surface area (Å²) < 4.78 is 0. The van der Waals surface area contributed by atoms with E-state index in [1.807, 2.05) is 0 Å². The van der Waals surface area contributed by atoms with E-state index in [4.69, 9.17) is 5.73 Å². The first-order valence-corrected chi connectivity index (χ1v) is 5.50. The summed E-state index contributed by atoms with van der Waals surface area (Å²) in [5.41, 5.74) is 6.58. The number of nitrogens with two attached hydrogens (primary N) is 1. The molecule has 5 nitrogen and oxygen atoms in total. The van der Waals surface area contributed by atoms with Crippen molar-refractivity contribution in [3.05, 3.63) is 30.0 Å². The highest BCUT2D eigenvalue weighted by molar-refractivity contribution is 5.98. The average molecular weight is 233 g/mol. The summed E-state index contributed by atoms with van der Waals surface area (Å²) in [4.78, 5) is 14.7. The van der Waals surface area contributed by atoms with Crippen LogP contribution < -0.4 is 11.1 Å². The minimum absolute atomic E-state index is 0.158. The van der Waals surface area contributed by atoms with Crippen molar-refractivity contribution < 1.29 is 9.90 Å². The van der Waals surface area contributed by atoms with Crippen LogP contribution in [0, 0.1) is 0 Å². The third-order valence-corrected chi connectivity index (χ3v) is 2.52. The lowest BCUT2D eigenvalue weighted by molar-refractivity contribution is 0.0949. The predicted molar refractivity (Wildman–Crippen MR) is 66.0 cm³/mol. The number of aromatic hydroxyl groups is 1. The van der Waals surface area contributed by atoms with Crippen molar-refractivity contribution in [1.82, 2.24) is 10.3 Å². The summed E-state index contributed by atoms with van der Waals surface area (Å²) in [6, 6.07) is 6.70. The highest BCUT2D eigenvalue weighted by Gasteiger charge is 2.08. The van der Waals surface area contributed by atoms with Gasteiger partial charge < -0.3 is 21.1 Å². The summed E-state index contributed by atoms with van der Waals surface area (Å²) in [5, 5.41) is 13.0. The molecule has 1 aromatic heterocycles. The molecule has 5 N–H and O–H groups in total. The van der Waals surface area contributed by atoms with Gasteiger partial charge in [0, 0.05) is 23.5 Å². The van der Waals surface area contributed by atoms with Crippen LogP contribution in [-0.4, -0.2) is 29.1 Å². The molecule has 0 spiro atoms. The zero-order valence-electron chi connectivity index (χ0n) is 9.36. The van der Waals surface area contributed by atoms with E-state index in [0.717, 1.165) is 17.3 Å². The van der Waals surface area contributed by atoms with Gasteiger partial charge in [0.05, 0.1) is 0 Å². The number of phenols is 1. The number of carbonyl (C=O) groups is 1. The highest BCUT2D eigenvalue weighted by atomic mass is 16.3. The number of hydrogen-bond acceptors (Lipinski definition) is 3. The molecule has 17 heavy (non-hydrogen) atoms. The standard InChI is InChI=1S/C12H15N3O2/c13-4-1-5-14-12(17)11-6-8-2-3-9(16)7-10(8)15-11/h2-3,6-7,15-16H,1,4-5,13H2,(H,14,17). The lowest BCUT2D eigenvalue weighted by Gasteiger charge is -2.01. The third kappa shape index (κ3) is 2.57. The molecule has 90 valence electrons. The van der Waals surface area contributed by atoms with E-state index >= 15 is 0 Å². The molecular formula is C12H15N3O2. The number of aromatic nitrogens is 1. The molecule has 1 aromatic carbocycles. The molecule has 0 bridgehead atoms. The highest BCUT2D eigenvalue weighted by Crippen LogP contribution is 2.20. The van der Waals surface area contributed by atoms with Gasteiger partial charge in [-0.2, -0.15) is 0 Å². The molecule has 0 aliphatic carbocycles. The maximum absolute atomic E-state index is 11.7. The number of hydrogen-bond donors (Lipinski definition) is 4. The zero-order valence-corrected chi connectivity index (χ0v) is 9.36. The fourth-order valence-electron chi connectivity index (χ4n) is 1.64. The Kier molecular flexibility index (Phi) is 3.30. The number of nitrogens with one attached hydrogen (secondary N) is 2. The van der Waals surface area contributed by atoms with Gasteiger partial charge in [-0.25, -0.2) is 0 Å². The van der Waals surface area contributed by atoms with Crippen LogP contribution in [0.15, 0.2) is 24.3 Å². The van der Waals surface area contributed by atoms with Crippen LogP contribution in [-0.2, 0) is 0 Å². The van der Waals surface area contributed by atoms with E-state index in [-0.39, 0.29) is 11.7 Å². The Hall–Kier alpha value is -2.01. The van der Waals surface area contributed by atoms with Crippen molar-refractivity contribution in [3.63, 3.8) is 0 Å². The van der Waals surface area contributed by atoms with E-state index in [9.17, 15) is 9.90 Å². The molecule has 0 aliphatic rings. The van der Waals surface area contributed by atoms with Gasteiger partial charge in [0.25, 0.3) is 5.91 Å². The summed E-state index contributed by atoms with van der Waals surface area (Å²) in [5.74, 6) is 0.0172. The van der Waals surface area contributed by atoms with Crippen molar-refractivity contribution in [1.29, 1.82) is 0 Å². The number of carbonyl (C=O) groups excluding carboxylic acids is 1. The van der Waals surface area contributed by atoms with Gasteiger partial charge in [-0.1, -0.05) is 0 Å². The van der Waals surface area contributed by atoms with Crippen molar-refractivity contribution in [3.8, 4) is 5.75 Å². The summed E-state index contributed by atoms with van der Waals surface area (Å²) in [6.45, 7) is 1.12. The number of H-pyrrole nitrogens is 1. The first-order chi connectivity index (χ1) is 8.20. The van der Waals surface area contributed by atoms with Crippen LogP contribution in [0.25, 0.3) is 10.9 Å². The van der Waals surface area contributed by atoms with E-state index in [1.54, 1.807) is 24.3 Å². The number of fused-ring (bicyclic) bond motifs is 1. The van der Waals surface area contributed by atoms with Crippen molar-refractivity contribution >= 4 is 16.8 Å². The molecule has 0 aliphatic heterocycles. The molecule has 0 saturated carbocycles. The quantitative estimate of drug-likeness (QED) is 0.592. The SMILES string of the molecule is NCCCNC(=O)c1cc2ccc(O)cc2[nH]1. The molecule has 2 rings (SSSR count). The first-order valence-electron chi connectivity index (χ1n) is 5.50. The number of rotatable bonds is 4. The Labute approximate surface area is 98.6 Å². The molecule has 1 amide bonds. The maximum Gasteiger partial charge on any atom is 0.267 e. The summed E-state index contributed by atoms with van der Waals surface area (Å²) in [6.07, 6.45) is 0.757. The van der Waals surface area contributed by atoms with Gasteiger partial charge in [-0.15, -0.1) is 0 Å². The second-order valence-corrected chi connectivity index (χ2v) is 3.85. The van der Waals surface area contributed by atoms with E-state index < -0.39 is 0 Å². The normalized spacial score (nSPS) is 10.6. The van der Waals surface area contributed by atoms with Crippen molar-refractivity contribution in [2.45, 2.75) is 6.42 Å². The van der Waals surface area contributed by atoms with E-state index in [0.29, 0.717) is 18.8 Å². The first kappa shape index (κ1) is 11.5.